The first-order valence-electron chi connectivity index (χ1n) is 14.5. The summed E-state index contributed by atoms with van der Waals surface area (Å²) in [4.78, 5) is 37.0. The molecule has 1 aromatic carbocycles. The van der Waals surface area contributed by atoms with Crippen LogP contribution in [0.5, 0.6) is 0 Å². The Kier molecular flexibility index (Phi) is 5.83. The number of pyridine rings is 1. The number of H-pyrrole nitrogens is 1. The standard InChI is InChI=1S/C31H38N4O2/c1-19-12-20-14-21(13-19)16-24(15-20)34-22-6-4-7-23(34)18-25(17-22)35-28-10-3-2-9-27(28)33-29(31(35)37)26-8-5-11-32-30(26)36/h2-3,5,8-11,19-25H,4,6-7,12-18H2,1H3,(H,32,36)/t19?,20-,21+,22-,23+,24?,25?. The van der Waals surface area contributed by atoms with E-state index in [9.17, 15) is 9.59 Å². The third-order valence-electron chi connectivity index (χ3n) is 10.0. The first kappa shape index (κ1) is 23.4. The maximum absolute atomic E-state index is 14.0. The predicted octanol–water partition coefficient (Wildman–Crippen LogP) is 5.52. The van der Waals surface area contributed by atoms with Crippen LogP contribution in [0.4, 0.5) is 0 Å². The molecule has 3 unspecified atom stereocenters. The van der Waals surface area contributed by atoms with Crippen LogP contribution in [0.25, 0.3) is 22.3 Å². The second-order valence-corrected chi connectivity index (χ2v) is 12.5. The topological polar surface area (TPSA) is 71.0 Å². The summed E-state index contributed by atoms with van der Waals surface area (Å²) < 4.78 is 2.00. The van der Waals surface area contributed by atoms with E-state index in [2.05, 4.69) is 16.8 Å². The van der Waals surface area contributed by atoms with Crippen LogP contribution in [0.15, 0.2) is 52.2 Å². The van der Waals surface area contributed by atoms with Crippen LogP contribution in [0.2, 0.25) is 0 Å². The maximum Gasteiger partial charge on any atom is 0.278 e. The molecule has 2 aliphatic heterocycles. The van der Waals surface area contributed by atoms with Gasteiger partial charge in [0.05, 0.1) is 16.6 Å². The molecule has 1 N–H and O–H groups in total. The zero-order valence-corrected chi connectivity index (χ0v) is 21.8. The largest absolute Gasteiger partial charge is 0.329 e. The summed E-state index contributed by atoms with van der Waals surface area (Å²) in [6.07, 6.45) is 14.4. The van der Waals surface area contributed by atoms with Crippen molar-refractivity contribution in [2.24, 2.45) is 17.8 Å². The molecular weight excluding hydrogens is 460 g/mol. The Morgan fingerprint density at radius 2 is 1.54 bits per heavy atom. The highest BCUT2D eigenvalue weighted by Crippen LogP contribution is 2.48. The Hall–Kier alpha value is -2.73. The van der Waals surface area contributed by atoms with E-state index in [1.807, 2.05) is 28.8 Å². The van der Waals surface area contributed by atoms with Gasteiger partial charge in [0.25, 0.3) is 11.1 Å². The van der Waals surface area contributed by atoms with Gasteiger partial charge in [-0.2, -0.15) is 0 Å². The van der Waals surface area contributed by atoms with E-state index in [4.69, 9.17) is 4.98 Å². The van der Waals surface area contributed by atoms with Crippen molar-refractivity contribution in [3.63, 3.8) is 0 Å². The monoisotopic (exact) mass is 498 g/mol. The fraction of sp³-hybridized carbons (Fsp3) is 0.581. The lowest BCUT2D eigenvalue weighted by Gasteiger charge is -2.55. The van der Waals surface area contributed by atoms with Crippen molar-refractivity contribution >= 4 is 11.0 Å². The Morgan fingerprint density at radius 3 is 2.27 bits per heavy atom. The van der Waals surface area contributed by atoms with Crippen molar-refractivity contribution in [3.8, 4) is 11.3 Å². The van der Waals surface area contributed by atoms with E-state index in [1.165, 1.54) is 51.4 Å². The molecule has 2 aromatic heterocycles. The molecule has 0 radical (unpaired) electrons. The highest BCUT2D eigenvalue weighted by Gasteiger charge is 2.46. The van der Waals surface area contributed by atoms with Crippen LogP contribution in [0.1, 0.15) is 77.2 Å². The van der Waals surface area contributed by atoms with Crippen LogP contribution < -0.4 is 11.1 Å². The van der Waals surface area contributed by atoms with Gasteiger partial charge in [0.2, 0.25) is 0 Å². The van der Waals surface area contributed by atoms with Gasteiger partial charge in [0, 0.05) is 30.4 Å². The van der Waals surface area contributed by atoms with E-state index in [1.54, 1.807) is 18.3 Å². The van der Waals surface area contributed by atoms with Crippen LogP contribution in [-0.2, 0) is 0 Å². The third-order valence-corrected chi connectivity index (χ3v) is 10.0. The molecule has 6 nitrogen and oxygen atoms in total. The molecule has 2 aliphatic carbocycles. The highest BCUT2D eigenvalue weighted by molar-refractivity contribution is 5.77. The summed E-state index contributed by atoms with van der Waals surface area (Å²) in [7, 11) is 0. The number of aromatic amines is 1. The van der Waals surface area contributed by atoms with Crippen molar-refractivity contribution in [2.45, 2.75) is 95.3 Å². The minimum Gasteiger partial charge on any atom is -0.329 e. The zero-order chi connectivity index (χ0) is 25.1. The number of nitrogens with one attached hydrogen (secondary N) is 1. The molecule has 0 amide bonds. The number of aromatic nitrogens is 3. The molecule has 4 heterocycles. The van der Waals surface area contributed by atoms with Gasteiger partial charge in [-0.1, -0.05) is 25.5 Å². The molecule has 2 saturated heterocycles. The van der Waals surface area contributed by atoms with E-state index >= 15 is 0 Å². The normalized spacial score (nSPS) is 33.9. The molecule has 4 bridgehead atoms. The van der Waals surface area contributed by atoms with Crippen molar-refractivity contribution in [3.05, 3.63) is 63.3 Å². The lowest BCUT2D eigenvalue weighted by Crippen LogP contribution is -2.58. The summed E-state index contributed by atoms with van der Waals surface area (Å²) in [6.45, 7) is 2.45. The van der Waals surface area contributed by atoms with Crippen molar-refractivity contribution < 1.29 is 0 Å². The van der Waals surface area contributed by atoms with Crippen molar-refractivity contribution in [2.75, 3.05) is 0 Å². The molecule has 3 aromatic rings. The van der Waals surface area contributed by atoms with E-state index < -0.39 is 0 Å². The van der Waals surface area contributed by atoms with Crippen LogP contribution >= 0.6 is 0 Å². The van der Waals surface area contributed by atoms with Crippen LogP contribution in [0.3, 0.4) is 0 Å². The van der Waals surface area contributed by atoms with Gasteiger partial charge in [-0.3, -0.25) is 14.5 Å². The lowest BCUT2D eigenvalue weighted by molar-refractivity contribution is -0.0524. The van der Waals surface area contributed by atoms with Gasteiger partial charge in [0.1, 0.15) is 5.69 Å². The molecule has 4 fully saturated rings. The number of rotatable bonds is 3. The Labute approximate surface area is 218 Å². The Morgan fingerprint density at radius 1 is 0.811 bits per heavy atom. The second kappa shape index (κ2) is 9.23. The van der Waals surface area contributed by atoms with Gasteiger partial charge < -0.3 is 9.55 Å². The SMILES string of the molecule is CC1C[C@@H]2CC(N3[C@@H]4CCC[C@H]3CC(n3c(=O)c(-c5ccc[nH]c5=O)nc5ccccc53)C4)C[C@H](C1)C2. The number of nitrogens with zero attached hydrogens (tertiary/aromatic N) is 3. The number of benzene rings is 1. The summed E-state index contributed by atoms with van der Waals surface area (Å²) in [6, 6.07) is 13.3. The molecule has 7 rings (SSSR count). The third kappa shape index (κ3) is 4.08. The van der Waals surface area contributed by atoms with Gasteiger partial charge in [-0.05, 0) is 99.8 Å². The summed E-state index contributed by atoms with van der Waals surface area (Å²) >= 11 is 0. The van der Waals surface area contributed by atoms with Crippen molar-refractivity contribution in [1.82, 2.24) is 19.4 Å². The second-order valence-electron chi connectivity index (χ2n) is 12.5. The first-order chi connectivity index (χ1) is 18.0. The summed E-state index contributed by atoms with van der Waals surface area (Å²) in [5.41, 5.74) is 1.89. The molecule has 194 valence electrons. The molecule has 4 aliphatic rings. The van der Waals surface area contributed by atoms with Gasteiger partial charge in [-0.15, -0.1) is 0 Å². The summed E-state index contributed by atoms with van der Waals surface area (Å²) in [5.74, 6) is 2.71. The van der Waals surface area contributed by atoms with Crippen LogP contribution in [-0.4, -0.2) is 37.6 Å². The molecule has 7 atom stereocenters. The molecular formula is C31H38N4O2. The predicted molar refractivity (Wildman–Crippen MR) is 147 cm³/mol. The lowest BCUT2D eigenvalue weighted by atomic mass is 9.65. The Bertz CT molecular complexity index is 1390. The first-order valence-corrected chi connectivity index (χ1v) is 14.5. The number of fused-ring (bicyclic) bond motifs is 5. The van der Waals surface area contributed by atoms with E-state index in [0.29, 0.717) is 17.6 Å². The van der Waals surface area contributed by atoms with Crippen molar-refractivity contribution in [1.29, 1.82) is 0 Å². The fourth-order valence-electron chi connectivity index (χ4n) is 8.89. The fourth-order valence-corrected chi connectivity index (χ4v) is 8.89. The maximum atomic E-state index is 14.0. The average molecular weight is 499 g/mol. The smallest absolute Gasteiger partial charge is 0.278 e. The zero-order valence-electron chi connectivity index (χ0n) is 21.8. The Balaban J connectivity index is 1.26. The minimum atomic E-state index is -0.266. The number of piperidine rings is 2. The number of hydrogen-bond acceptors (Lipinski definition) is 4. The quantitative estimate of drug-likeness (QED) is 0.516. The summed E-state index contributed by atoms with van der Waals surface area (Å²) in [5, 5.41) is 0. The van der Waals surface area contributed by atoms with Gasteiger partial charge >= 0.3 is 0 Å². The molecule has 2 saturated carbocycles. The van der Waals surface area contributed by atoms with E-state index in [-0.39, 0.29) is 22.9 Å². The van der Waals surface area contributed by atoms with E-state index in [0.717, 1.165) is 47.7 Å². The van der Waals surface area contributed by atoms with Gasteiger partial charge in [0.15, 0.2) is 0 Å². The molecule has 6 heteroatoms. The van der Waals surface area contributed by atoms with Gasteiger partial charge in [-0.25, -0.2) is 4.98 Å². The minimum absolute atomic E-state index is 0.131. The highest BCUT2D eigenvalue weighted by atomic mass is 16.1. The average Bonchev–Trinajstić information content (AvgIpc) is 2.87. The molecule has 37 heavy (non-hydrogen) atoms. The number of para-hydroxylation sites is 2. The number of hydrogen-bond donors (Lipinski definition) is 1. The molecule has 0 spiro atoms. The van der Waals surface area contributed by atoms with Crippen LogP contribution in [0, 0.1) is 17.8 Å².